The third kappa shape index (κ3) is 5.41. The summed E-state index contributed by atoms with van der Waals surface area (Å²) in [5.74, 6) is 0.971. The van der Waals surface area contributed by atoms with Crippen molar-refractivity contribution in [2.24, 2.45) is 0 Å². The summed E-state index contributed by atoms with van der Waals surface area (Å²) in [7, 11) is -1.09. The zero-order chi connectivity index (χ0) is 17.3. The fourth-order valence-electron chi connectivity index (χ4n) is 3.06. The highest BCUT2D eigenvalue weighted by Gasteiger charge is 2.37. The Bertz CT molecular complexity index is 490. The number of hydrogen-bond acceptors (Lipinski definition) is 1. The minimum atomic E-state index is -1.09. The van der Waals surface area contributed by atoms with Gasteiger partial charge in [-0.15, -0.1) is 0 Å². The second-order valence-corrected chi connectivity index (χ2v) is 15.2. The Labute approximate surface area is 147 Å². The van der Waals surface area contributed by atoms with Crippen molar-refractivity contribution >= 4 is 24.7 Å². The van der Waals surface area contributed by atoms with Crippen molar-refractivity contribution in [3.8, 4) is 5.75 Å². The summed E-state index contributed by atoms with van der Waals surface area (Å²) in [4.78, 5) is 0. The molecule has 0 amide bonds. The Balaban J connectivity index is 2.92. The Morgan fingerprint density at radius 3 is 1.77 bits per heavy atom. The quantitative estimate of drug-likeness (QED) is 0.540. The summed E-state index contributed by atoms with van der Waals surface area (Å²) < 4.78 is 7.30. The molecule has 0 bridgehead atoms. The van der Waals surface area contributed by atoms with Crippen molar-refractivity contribution < 1.29 is 4.74 Å². The lowest BCUT2D eigenvalue weighted by Gasteiger charge is -2.39. The van der Waals surface area contributed by atoms with Crippen LogP contribution in [0, 0.1) is 0 Å². The minimum Gasteiger partial charge on any atom is -0.496 e. The van der Waals surface area contributed by atoms with E-state index in [1.54, 1.807) is 0 Å². The molecule has 0 radical (unpaired) electrons. The highest BCUT2D eigenvalue weighted by Crippen LogP contribution is 2.42. The van der Waals surface area contributed by atoms with Gasteiger partial charge in [-0.25, -0.2) is 0 Å². The number of hydrogen-bond donors (Lipinski definition) is 0. The summed E-state index contributed by atoms with van der Waals surface area (Å²) in [6.45, 7) is 20.8. The highest BCUT2D eigenvalue weighted by atomic mass is 79.9. The van der Waals surface area contributed by atoms with Crippen LogP contribution >= 0.6 is 15.9 Å². The van der Waals surface area contributed by atoms with Gasteiger partial charge in [0.05, 0.1) is 19.5 Å². The fourth-order valence-corrected chi connectivity index (χ4v) is 7.49. The maximum atomic E-state index is 6.23. The van der Waals surface area contributed by atoms with E-state index in [9.17, 15) is 0 Å². The average Bonchev–Trinajstić information content (AvgIpc) is 2.26. The normalized spacial score (nSPS) is 13.6. The molecule has 1 nitrogen and oxygen atoms in total. The Morgan fingerprint density at radius 2 is 1.41 bits per heavy atom. The smallest absolute Gasteiger partial charge is 0.132 e. The third-order valence-electron chi connectivity index (χ3n) is 4.29. The van der Waals surface area contributed by atoms with Crippen LogP contribution in [0.4, 0.5) is 0 Å². The van der Waals surface area contributed by atoms with E-state index in [0.717, 1.165) is 16.5 Å². The molecule has 0 fully saturated rings. The molecule has 0 aliphatic carbocycles. The van der Waals surface area contributed by atoms with Crippen molar-refractivity contribution in [2.75, 3.05) is 6.23 Å². The molecule has 0 aromatic heterocycles. The Morgan fingerprint density at radius 1 is 0.909 bits per heavy atom. The number of halogens is 1. The van der Waals surface area contributed by atoms with E-state index >= 15 is 0 Å². The SMILES string of the molecule is CC(C)(C)c1ccc(OC[SiH](C(C)(C)C)C(C)(C)C)c(Br)c1. The molecule has 1 aromatic rings. The largest absolute Gasteiger partial charge is 0.496 e. The van der Waals surface area contributed by atoms with Gasteiger partial charge in [0.15, 0.2) is 0 Å². The Kier molecular flexibility index (Phi) is 6.00. The van der Waals surface area contributed by atoms with Crippen molar-refractivity contribution in [3.63, 3.8) is 0 Å². The van der Waals surface area contributed by atoms with Crippen molar-refractivity contribution in [2.45, 2.75) is 77.8 Å². The molecular formula is C19H33BrOSi. The third-order valence-corrected chi connectivity index (χ3v) is 9.60. The van der Waals surface area contributed by atoms with Gasteiger partial charge >= 0.3 is 0 Å². The van der Waals surface area contributed by atoms with Crippen LogP contribution in [0.2, 0.25) is 10.1 Å². The van der Waals surface area contributed by atoms with E-state index < -0.39 is 8.80 Å². The van der Waals surface area contributed by atoms with Crippen LogP contribution in [0.1, 0.15) is 67.9 Å². The van der Waals surface area contributed by atoms with Crippen molar-refractivity contribution in [1.29, 1.82) is 0 Å². The highest BCUT2D eigenvalue weighted by molar-refractivity contribution is 9.10. The molecule has 3 heteroatoms. The van der Waals surface area contributed by atoms with E-state index in [2.05, 4.69) is 96.4 Å². The second-order valence-electron chi connectivity index (χ2n) is 9.49. The van der Waals surface area contributed by atoms with E-state index in [1.165, 1.54) is 5.56 Å². The maximum Gasteiger partial charge on any atom is 0.132 e. The molecule has 22 heavy (non-hydrogen) atoms. The molecule has 126 valence electrons. The molecule has 0 heterocycles. The molecule has 0 saturated heterocycles. The van der Waals surface area contributed by atoms with E-state index in [1.807, 2.05) is 0 Å². The number of benzene rings is 1. The van der Waals surface area contributed by atoms with Gasteiger partial charge in [-0.2, -0.15) is 0 Å². The minimum absolute atomic E-state index is 0.162. The summed E-state index contributed by atoms with van der Waals surface area (Å²) in [6, 6.07) is 6.49. The van der Waals surface area contributed by atoms with E-state index in [0.29, 0.717) is 10.1 Å². The molecule has 0 aliphatic rings. The Hall–Kier alpha value is -0.283. The first-order chi connectivity index (χ1) is 9.73. The summed E-state index contributed by atoms with van der Waals surface area (Å²) in [6.07, 6.45) is 0.875. The maximum absolute atomic E-state index is 6.23. The van der Waals surface area contributed by atoms with Gasteiger partial charge in [0, 0.05) is 0 Å². The van der Waals surface area contributed by atoms with E-state index in [4.69, 9.17) is 4.74 Å². The molecule has 0 unspecified atom stereocenters. The molecule has 0 spiro atoms. The summed E-state index contributed by atoms with van der Waals surface area (Å²) in [5.41, 5.74) is 1.49. The monoisotopic (exact) mass is 384 g/mol. The van der Waals surface area contributed by atoms with Gasteiger partial charge in [0.1, 0.15) is 5.75 Å². The molecule has 1 aromatic carbocycles. The number of ether oxygens (including phenoxy) is 1. The molecule has 0 aliphatic heterocycles. The second kappa shape index (κ2) is 6.68. The zero-order valence-corrected chi connectivity index (χ0v) is 18.5. The first kappa shape index (κ1) is 19.8. The zero-order valence-electron chi connectivity index (χ0n) is 15.8. The van der Waals surface area contributed by atoms with Crippen LogP contribution < -0.4 is 4.74 Å². The van der Waals surface area contributed by atoms with Gasteiger partial charge in [-0.05, 0) is 49.1 Å². The van der Waals surface area contributed by atoms with Gasteiger partial charge in [0.25, 0.3) is 0 Å². The van der Waals surface area contributed by atoms with Crippen molar-refractivity contribution in [1.82, 2.24) is 0 Å². The lowest BCUT2D eigenvalue weighted by atomic mass is 9.87. The lowest BCUT2D eigenvalue weighted by Crippen LogP contribution is -2.40. The average molecular weight is 385 g/mol. The lowest BCUT2D eigenvalue weighted by molar-refractivity contribution is 0.365. The van der Waals surface area contributed by atoms with Gasteiger partial charge in [-0.1, -0.05) is 68.4 Å². The first-order valence-corrected chi connectivity index (χ1v) is 10.9. The van der Waals surface area contributed by atoms with Crippen LogP contribution in [-0.4, -0.2) is 15.0 Å². The predicted molar refractivity (Wildman–Crippen MR) is 105 cm³/mol. The summed E-state index contributed by atoms with van der Waals surface area (Å²) >= 11 is 3.68. The molecule has 0 N–H and O–H groups in total. The fraction of sp³-hybridized carbons (Fsp3) is 0.684. The molecule has 0 atom stereocenters. The van der Waals surface area contributed by atoms with Crippen LogP contribution in [0.15, 0.2) is 22.7 Å². The molecular weight excluding hydrogens is 352 g/mol. The standard InChI is InChI=1S/C19H33BrOSi/c1-17(2,3)14-10-11-16(15(20)12-14)21-13-22(18(4,5)6)19(7,8)9/h10-12,22H,13H2,1-9H3. The van der Waals surface area contributed by atoms with Crippen LogP contribution in [0.25, 0.3) is 0 Å². The first-order valence-electron chi connectivity index (χ1n) is 8.16. The number of rotatable bonds is 3. The molecule has 1 rings (SSSR count). The van der Waals surface area contributed by atoms with Gasteiger partial charge in [0.2, 0.25) is 0 Å². The van der Waals surface area contributed by atoms with Crippen molar-refractivity contribution in [3.05, 3.63) is 28.2 Å². The van der Waals surface area contributed by atoms with Crippen LogP contribution in [0.5, 0.6) is 5.75 Å². The topological polar surface area (TPSA) is 9.23 Å². The predicted octanol–water partition coefficient (Wildman–Crippen LogP) is 6.49. The van der Waals surface area contributed by atoms with Gasteiger partial charge < -0.3 is 4.74 Å². The van der Waals surface area contributed by atoms with Crippen LogP contribution in [0.3, 0.4) is 0 Å². The van der Waals surface area contributed by atoms with Gasteiger partial charge in [-0.3, -0.25) is 0 Å². The summed E-state index contributed by atoms with van der Waals surface area (Å²) in [5, 5.41) is 0.714. The molecule has 0 saturated carbocycles. The van der Waals surface area contributed by atoms with Crippen LogP contribution in [-0.2, 0) is 5.41 Å². The van der Waals surface area contributed by atoms with E-state index in [-0.39, 0.29) is 5.41 Å².